The van der Waals surface area contributed by atoms with Gasteiger partial charge >= 0.3 is 5.63 Å². The van der Waals surface area contributed by atoms with E-state index >= 15 is 0 Å². The summed E-state index contributed by atoms with van der Waals surface area (Å²) in [7, 11) is 3.09. The molecule has 0 aliphatic carbocycles. The molecule has 6 heteroatoms. The van der Waals surface area contributed by atoms with Gasteiger partial charge in [-0.1, -0.05) is 0 Å². The fourth-order valence-corrected chi connectivity index (χ4v) is 2.04. The number of aromatic amines is 1. The van der Waals surface area contributed by atoms with Gasteiger partial charge in [-0.25, -0.2) is 4.79 Å². The highest BCUT2D eigenvalue weighted by Gasteiger charge is 2.13. The topological polar surface area (TPSA) is 77.4 Å². The van der Waals surface area contributed by atoms with Gasteiger partial charge in [-0.3, -0.25) is 5.10 Å². The second-order valence-electron chi connectivity index (χ2n) is 4.15. The largest absolute Gasteiger partial charge is 0.496 e. The molecule has 2 heterocycles. The second kappa shape index (κ2) is 4.73. The number of aromatic nitrogens is 2. The van der Waals surface area contributed by atoms with Crippen molar-refractivity contribution in [2.45, 2.75) is 0 Å². The van der Waals surface area contributed by atoms with Crippen LogP contribution in [0.1, 0.15) is 0 Å². The van der Waals surface area contributed by atoms with Crippen LogP contribution in [0.15, 0.2) is 39.7 Å². The average Bonchev–Trinajstić information content (AvgIpc) is 2.99. The summed E-state index contributed by atoms with van der Waals surface area (Å²) < 4.78 is 15.8. The van der Waals surface area contributed by atoms with Crippen LogP contribution in [0, 0.1) is 0 Å². The van der Waals surface area contributed by atoms with Gasteiger partial charge in [0.1, 0.15) is 17.1 Å². The van der Waals surface area contributed by atoms with E-state index in [1.807, 2.05) is 0 Å². The number of benzene rings is 1. The lowest BCUT2D eigenvalue weighted by molar-refractivity contribution is 0.396. The molecular formula is C14H12N2O4. The molecule has 0 saturated heterocycles. The fourth-order valence-electron chi connectivity index (χ4n) is 2.04. The number of hydrogen-bond donors (Lipinski definition) is 1. The van der Waals surface area contributed by atoms with Gasteiger partial charge in [0, 0.05) is 18.3 Å². The molecule has 0 aliphatic rings. The standard InChI is InChI=1S/C14H12N2O4/c1-18-8-5-12(19-2)10-7-9(11-3-4-15-16-11)14(17)20-13(10)6-8/h3-7H,1-2H3,(H,15,16). The van der Waals surface area contributed by atoms with Gasteiger partial charge in [0.25, 0.3) is 0 Å². The third-order valence-corrected chi connectivity index (χ3v) is 3.02. The van der Waals surface area contributed by atoms with Crippen LogP contribution in [0.3, 0.4) is 0 Å². The van der Waals surface area contributed by atoms with Gasteiger partial charge in [0.2, 0.25) is 0 Å². The van der Waals surface area contributed by atoms with E-state index in [4.69, 9.17) is 13.9 Å². The highest BCUT2D eigenvalue weighted by molar-refractivity contribution is 5.88. The van der Waals surface area contributed by atoms with E-state index in [9.17, 15) is 4.79 Å². The predicted octanol–water partition coefficient (Wildman–Crippen LogP) is 2.20. The summed E-state index contributed by atoms with van der Waals surface area (Å²) >= 11 is 0. The molecule has 1 N–H and O–H groups in total. The maximum Gasteiger partial charge on any atom is 0.345 e. The van der Waals surface area contributed by atoms with Crippen LogP contribution in [0.2, 0.25) is 0 Å². The molecule has 0 amide bonds. The fraction of sp³-hybridized carbons (Fsp3) is 0.143. The lowest BCUT2D eigenvalue weighted by Gasteiger charge is -2.08. The van der Waals surface area contributed by atoms with Crippen molar-refractivity contribution in [1.82, 2.24) is 10.2 Å². The molecule has 3 rings (SSSR count). The zero-order chi connectivity index (χ0) is 14.1. The molecular weight excluding hydrogens is 260 g/mol. The zero-order valence-corrected chi connectivity index (χ0v) is 11.0. The normalized spacial score (nSPS) is 10.7. The highest BCUT2D eigenvalue weighted by Crippen LogP contribution is 2.32. The van der Waals surface area contributed by atoms with Gasteiger partial charge in [0.05, 0.1) is 30.9 Å². The number of hydrogen-bond acceptors (Lipinski definition) is 5. The molecule has 0 radical (unpaired) electrons. The number of nitrogens with zero attached hydrogens (tertiary/aromatic N) is 1. The monoisotopic (exact) mass is 272 g/mol. The van der Waals surface area contributed by atoms with Crippen molar-refractivity contribution in [3.8, 4) is 22.8 Å². The minimum absolute atomic E-state index is 0.377. The van der Waals surface area contributed by atoms with Gasteiger partial charge in [-0.15, -0.1) is 0 Å². The van der Waals surface area contributed by atoms with Gasteiger partial charge < -0.3 is 13.9 Å². The Hall–Kier alpha value is -2.76. The second-order valence-corrected chi connectivity index (χ2v) is 4.15. The van der Waals surface area contributed by atoms with Gasteiger partial charge in [0.15, 0.2) is 0 Å². The van der Waals surface area contributed by atoms with Gasteiger partial charge in [-0.2, -0.15) is 5.10 Å². The Kier molecular flexibility index (Phi) is 2.90. The first-order valence-electron chi connectivity index (χ1n) is 5.93. The summed E-state index contributed by atoms with van der Waals surface area (Å²) in [5, 5.41) is 7.35. The van der Waals surface area contributed by atoms with Crippen molar-refractivity contribution in [3.05, 3.63) is 40.9 Å². The summed E-state index contributed by atoms with van der Waals surface area (Å²) in [5.41, 5.74) is 0.853. The molecule has 2 aromatic heterocycles. The predicted molar refractivity (Wildman–Crippen MR) is 73.2 cm³/mol. The summed E-state index contributed by atoms with van der Waals surface area (Å²) in [4.78, 5) is 12.0. The van der Waals surface area contributed by atoms with Crippen LogP contribution < -0.4 is 15.1 Å². The number of ether oxygens (including phenoxy) is 2. The molecule has 20 heavy (non-hydrogen) atoms. The SMILES string of the molecule is COc1cc(OC)c2cc(-c3cc[nH]n3)c(=O)oc2c1. The Bertz CT molecular complexity index is 806. The smallest absolute Gasteiger partial charge is 0.345 e. The lowest BCUT2D eigenvalue weighted by atomic mass is 10.1. The Balaban J connectivity index is 2.32. The number of nitrogens with one attached hydrogen (secondary N) is 1. The first kappa shape index (κ1) is 12.3. The Labute approximate surface area is 113 Å². The maximum atomic E-state index is 12.0. The molecule has 0 fully saturated rings. The molecule has 1 aromatic carbocycles. The lowest BCUT2D eigenvalue weighted by Crippen LogP contribution is -2.03. The zero-order valence-electron chi connectivity index (χ0n) is 11.0. The maximum absolute atomic E-state index is 12.0. The van der Waals surface area contributed by atoms with Crippen LogP contribution in [0.5, 0.6) is 11.5 Å². The van der Waals surface area contributed by atoms with Crippen LogP contribution in [0.25, 0.3) is 22.2 Å². The van der Waals surface area contributed by atoms with E-state index in [1.54, 1.807) is 37.6 Å². The molecule has 0 unspecified atom stereocenters. The summed E-state index contributed by atoms with van der Waals surface area (Å²) in [5.74, 6) is 1.13. The first-order chi connectivity index (χ1) is 9.72. The van der Waals surface area contributed by atoms with Crippen LogP contribution in [0.4, 0.5) is 0 Å². The molecule has 0 aliphatic heterocycles. The first-order valence-corrected chi connectivity index (χ1v) is 5.93. The summed E-state index contributed by atoms with van der Waals surface area (Å²) in [6.07, 6.45) is 1.64. The molecule has 3 aromatic rings. The molecule has 0 saturated carbocycles. The van der Waals surface area contributed by atoms with Crippen molar-refractivity contribution < 1.29 is 13.9 Å². The number of methoxy groups -OCH3 is 2. The Morgan fingerprint density at radius 2 is 2.05 bits per heavy atom. The average molecular weight is 272 g/mol. The minimum atomic E-state index is -0.458. The van der Waals surface area contributed by atoms with Crippen molar-refractivity contribution in [2.24, 2.45) is 0 Å². The third-order valence-electron chi connectivity index (χ3n) is 3.02. The number of fused-ring (bicyclic) bond motifs is 1. The third kappa shape index (κ3) is 1.91. The number of rotatable bonds is 3. The molecule has 102 valence electrons. The van der Waals surface area contributed by atoms with E-state index in [1.165, 1.54) is 7.11 Å². The quantitative estimate of drug-likeness (QED) is 0.739. The highest BCUT2D eigenvalue weighted by atomic mass is 16.5. The molecule has 0 spiro atoms. The Morgan fingerprint density at radius 3 is 2.70 bits per heavy atom. The van der Waals surface area contributed by atoms with E-state index in [0.717, 1.165) is 0 Å². The minimum Gasteiger partial charge on any atom is -0.496 e. The van der Waals surface area contributed by atoms with E-state index < -0.39 is 5.63 Å². The van der Waals surface area contributed by atoms with Crippen LogP contribution in [-0.2, 0) is 0 Å². The summed E-state index contributed by atoms with van der Waals surface area (Å²) in [6.45, 7) is 0. The molecule has 0 atom stereocenters. The Morgan fingerprint density at radius 1 is 1.20 bits per heavy atom. The van der Waals surface area contributed by atoms with E-state index in [-0.39, 0.29) is 0 Å². The molecule has 0 bridgehead atoms. The van der Waals surface area contributed by atoms with Crippen molar-refractivity contribution in [1.29, 1.82) is 0 Å². The van der Waals surface area contributed by atoms with Gasteiger partial charge in [-0.05, 0) is 12.1 Å². The molecule has 6 nitrogen and oxygen atoms in total. The van der Waals surface area contributed by atoms with Crippen molar-refractivity contribution in [2.75, 3.05) is 14.2 Å². The van der Waals surface area contributed by atoms with Crippen LogP contribution in [-0.4, -0.2) is 24.4 Å². The van der Waals surface area contributed by atoms with Crippen LogP contribution >= 0.6 is 0 Å². The van der Waals surface area contributed by atoms with Crippen molar-refractivity contribution >= 4 is 11.0 Å². The van der Waals surface area contributed by atoms with E-state index in [2.05, 4.69) is 10.2 Å². The van der Waals surface area contributed by atoms with Crippen molar-refractivity contribution in [3.63, 3.8) is 0 Å². The number of H-pyrrole nitrogens is 1. The summed E-state index contributed by atoms with van der Waals surface area (Å²) in [6, 6.07) is 6.79. The van der Waals surface area contributed by atoms with E-state index in [0.29, 0.717) is 33.7 Å².